The Hall–Kier alpha value is -1.96. The van der Waals surface area contributed by atoms with Gasteiger partial charge in [0.1, 0.15) is 6.33 Å². The molecule has 0 bridgehead atoms. The fourth-order valence-corrected chi connectivity index (χ4v) is 6.32. The quantitative estimate of drug-likeness (QED) is 0.508. The highest BCUT2D eigenvalue weighted by Gasteiger charge is 2.50. The third-order valence-corrected chi connectivity index (χ3v) is 8.94. The summed E-state index contributed by atoms with van der Waals surface area (Å²) in [7, 11) is 2.10. The van der Waals surface area contributed by atoms with Crippen molar-refractivity contribution in [1.82, 2.24) is 9.97 Å². The molecule has 0 fully saturated rings. The molecule has 33 heavy (non-hydrogen) atoms. The number of fused-ring (bicyclic) bond motifs is 1. The predicted molar refractivity (Wildman–Crippen MR) is 132 cm³/mol. The van der Waals surface area contributed by atoms with E-state index in [2.05, 4.69) is 62.6 Å². The number of quaternary nitrogens is 1. The number of aromatic nitrogens is 2. The summed E-state index contributed by atoms with van der Waals surface area (Å²) < 4.78 is 0. The van der Waals surface area contributed by atoms with E-state index < -0.39 is 12.2 Å². The third kappa shape index (κ3) is 4.08. The topological polar surface area (TPSA) is 99.9 Å². The third-order valence-electron chi connectivity index (χ3n) is 8.94. The van der Waals surface area contributed by atoms with E-state index in [1.54, 1.807) is 0 Å². The van der Waals surface area contributed by atoms with Gasteiger partial charge in [-0.15, -0.1) is 0 Å². The van der Waals surface area contributed by atoms with Crippen molar-refractivity contribution < 1.29 is 15.1 Å². The molecule has 182 valence electrons. The molecule has 2 aliphatic carbocycles. The molecule has 7 heteroatoms. The Bertz CT molecular complexity index is 971. The Balaban J connectivity index is 1.50. The van der Waals surface area contributed by atoms with Gasteiger partial charge in [0.25, 0.3) is 5.82 Å². The highest BCUT2D eigenvalue weighted by molar-refractivity contribution is 5.73. The molecule has 0 saturated carbocycles. The number of nitrogens with one attached hydrogen (secondary N) is 1. The zero-order chi connectivity index (χ0) is 24.1. The lowest BCUT2D eigenvalue weighted by Crippen LogP contribution is -3.03. The van der Waals surface area contributed by atoms with E-state index in [4.69, 9.17) is 5.73 Å². The van der Waals surface area contributed by atoms with Crippen LogP contribution in [0.15, 0.2) is 29.1 Å². The molecule has 0 saturated heterocycles. The fourth-order valence-electron chi connectivity index (χ4n) is 6.32. The van der Waals surface area contributed by atoms with Gasteiger partial charge in [0, 0.05) is 18.4 Å². The summed E-state index contributed by atoms with van der Waals surface area (Å²) in [4.78, 5) is 12.1. The first kappa shape index (κ1) is 24.2. The molecule has 4 rings (SSSR count). The molecular formula is C26H42N5O2+. The molecule has 3 aliphatic rings. The van der Waals surface area contributed by atoms with Crippen LogP contribution in [-0.4, -0.2) is 52.7 Å². The summed E-state index contributed by atoms with van der Waals surface area (Å²) in [5.74, 6) is 2.01. The van der Waals surface area contributed by atoms with Gasteiger partial charge in [-0.3, -0.25) is 4.90 Å². The van der Waals surface area contributed by atoms with Crippen LogP contribution in [0.25, 0.3) is 0 Å². The van der Waals surface area contributed by atoms with E-state index in [0.29, 0.717) is 18.2 Å². The Morgan fingerprint density at radius 3 is 2.76 bits per heavy atom. The van der Waals surface area contributed by atoms with Crippen molar-refractivity contribution in [2.45, 2.75) is 78.9 Å². The van der Waals surface area contributed by atoms with Crippen molar-refractivity contribution in [3.63, 3.8) is 0 Å². The molecule has 0 amide bonds. The summed E-state index contributed by atoms with van der Waals surface area (Å²) in [6, 6.07) is 0. The molecule has 2 heterocycles. The summed E-state index contributed by atoms with van der Waals surface area (Å²) in [6.07, 6.45) is 7.34. The first-order chi connectivity index (χ1) is 15.5. The zero-order valence-electron chi connectivity index (χ0n) is 21.1. The standard InChI is InChI=1S/C26H41N5O2/c1-16(10-12-31-15-30(6)24-22(31)23(27)28-14-29-24)9-11-26(5)17(2)7-8-18-21(26)19(32)13-20(33)25(18,3)4/h10,14,17,19-20,32-33H,7-9,11-13,15H2,1-6H3,(H2,27,28,29)/p+1. The SMILES string of the molecule is CC(=CCN1C[NH+](C)c2ncnc(N)c21)CCC1(C)C2=C(CCC1C)C(C)(C)C(O)CC2O. The fraction of sp³-hybridized carbons (Fsp3) is 0.692. The number of aliphatic hydroxyl groups is 2. The lowest BCUT2D eigenvalue weighted by Gasteiger charge is -2.53. The van der Waals surface area contributed by atoms with Crippen LogP contribution in [0.3, 0.4) is 0 Å². The van der Waals surface area contributed by atoms with Crippen LogP contribution >= 0.6 is 0 Å². The molecule has 0 aromatic carbocycles. The molecule has 5 unspecified atom stereocenters. The second-order valence-corrected chi connectivity index (χ2v) is 11.4. The van der Waals surface area contributed by atoms with Gasteiger partial charge in [0.15, 0.2) is 18.2 Å². The summed E-state index contributed by atoms with van der Waals surface area (Å²) in [5.41, 5.74) is 10.7. The van der Waals surface area contributed by atoms with Crippen molar-refractivity contribution in [3.05, 3.63) is 29.1 Å². The van der Waals surface area contributed by atoms with Gasteiger partial charge < -0.3 is 20.8 Å². The number of anilines is 2. The van der Waals surface area contributed by atoms with Crippen LogP contribution in [0.5, 0.6) is 0 Å². The highest BCUT2D eigenvalue weighted by Crippen LogP contribution is 2.57. The van der Waals surface area contributed by atoms with Crippen LogP contribution in [-0.2, 0) is 0 Å². The summed E-state index contributed by atoms with van der Waals surface area (Å²) in [5, 5.41) is 21.7. The van der Waals surface area contributed by atoms with Gasteiger partial charge in [-0.25, -0.2) is 4.98 Å². The van der Waals surface area contributed by atoms with Crippen LogP contribution in [0.1, 0.15) is 66.7 Å². The molecule has 5 N–H and O–H groups in total. The first-order valence-corrected chi connectivity index (χ1v) is 12.4. The number of hydrogen-bond donors (Lipinski definition) is 4. The van der Waals surface area contributed by atoms with Gasteiger partial charge in [0.2, 0.25) is 0 Å². The van der Waals surface area contributed by atoms with Crippen molar-refractivity contribution in [3.8, 4) is 0 Å². The number of allylic oxidation sites excluding steroid dienone is 1. The molecule has 7 nitrogen and oxygen atoms in total. The average Bonchev–Trinajstić information content (AvgIpc) is 3.08. The molecule has 1 aromatic heterocycles. The highest BCUT2D eigenvalue weighted by atomic mass is 16.3. The zero-order valence-corrected chi connectivity index (χ0v) is 21.1. The van der Waals surface area contributed by atoms with E-state index in [1.165, 1.54) is 27.9 Å². The van der Waals surface area contributed by atoms with Gasteiger partial charge in [-0.05, 0) is 49.5 Å². The van der Waals surface area contributed by atoms with Crippen molar-refractivity contribution >= 4 is 17.3 Å². The van der Waals surface area contributed by atoms with E-state index in [0.717, 1.165) is 50.4 Å². The monoisotopic (exact) mass is 456 g/mol. The molecule has 1 aliphatic heterocycles. The maximum Gasteiger partial charge on any atom is 0.256 e. The summed E-state index contributed by atoms with van der Waals surface area (Å²) >= 11 is 0. The van der Waals surface area contributed by atoms with Crippen LogP contribution < -0.4 is 15.5 Å². The smallest absolute Gasteiger partial charge is 0.256 e. The van der Waals surface area contributed by atoms with Crippen molar-refractivity contribution in [1.29, 1.82) is 0 Å². The number of nitrogen functional groups attached to an aromatic ring is 1. The van der Waals surface area contributed by atoms with E-state index in [1.807, 2.05) is 0 Å². The Morgan fingerprint density at radius 1 is 1.30 bits per heavy atom. The van der Waals surface area contributed by atoms with Crippen molar-refractivity contribution in [2.75, 3.05) is 30.9 Å². The molecule has 0 radical (unpaired) electrons. The van der Waals surface area contributed by atoms with E-state index in [9.17, 15) is 10.2 Å². The lowest BCUT2D eigenvalue weighted by molar-refractivity contribution is -0.805. The Labute approximate surface area is 198 Å². The normalized spacial score (nSPS) is 33.8. The largest absolute Gasteiger partial charge is 0.392 e. The minimum absolute atomic E-state index is 0.0532. The van der Waals surface area contributed by atoms with Gasteiger partial charge >= 0.3 is 0 Å². The summed E-state index contributed by atoms with van der Waals surface area (Å²) in [6.45, 7) is 12.8. The van der Waals surface area contributed by atoms with Gasteiger partial charge in [-0.1, -0.05) is 44.9 Å². The maximum absolute atomic E-state index is 11.1. The number of nitrogens with two attached hydrogens (primary N) is 1. The van der Waals surface area contributed by atoms with Crippen LogP contribution in [0, 0.1) is 16.7 Å². The maximum atomic E-state index is 11.1. The van der Waals surface area contributed by atoms with Crippen molar-refractivity contribution in [2.24, 2.45) is 16.7 Å². The van der Waals surface area contributed by atoms with E-state index >= 15 is 0 Å². The average molecular weight is 457 g/mol. The van der Waals surface area contributed by atoms with Crippen LogP contribution in [0.2, 0.25) is 0 Å². The first-order valence-electron chi connectivity index (χ1n) is 12.4. The predicted octanol–water partition coefficient (Wildman–Crippen LogP) is 2.59. The number of nitrogens with zero attached hydrogens (tertiary/aromatic N) is 3. The molecule has 0 spiro atoms. The number of hydrogen-bond acceptors (Lipinski definition) is 6. The van der Waals surface area contributed by atoms with Gasteiger partial charge in [-0.2, -0.15) is 4.98 Å². The van der Waals surface area contributed by atoms with Gasteiger partial charge in [0.05, 0.1) is 19.3 Å². The number of rotatable bonds is 5. The minimum atomic E-state index is -0.539. The van der Waals surface area contributed by atoms with Crippen LogP contribution in [0.4, 0.5) is 17.3 Å². The second-order valence-electron chi connectivity index (χ2n) is 11.4. The molecular weight excluding hydrogens is 414 g/mol. The Morgan fingerprint density at radius 2 is 2.03 bits per heavy atom. The Kier molecular flexibility index (Phi) is 6.35. The van der Waals surface area contributed by atoms with E-state index in [-0.39, 0.29) is 10.8 Å². The second kappa shape index (κ2) is 8.67. The molecule has 1 aromatic rings. The number of aliphatic hydroxyl groups excluding tert-OH is 2. The molecule has 5 atom stereocenters. The minimum Gasteiger partial charge on any atom is -0.392 e. The lowest BCUT2D eigenvalue weighted by atomic mass is 9.54.